The van der Waals surface area contributed by atoms with Gasteiger partial charge in [-0.1, -0.05) is 0 Å². The molecule has 9 rings (SSSR count). The van der Waals surface area contributed by atoms with E-state index in [0.29, 0.717) is 25.6 Å². The van der Waals surface area contributed by atoms with Crippen LogP contribution in [0, 0.1) is 35.5 Å². The number of rotatable bonds is 10. The maximum atomic E-state index is 12.7. The highest BCUT2D eigenvalue weighted by Gasteiger charge is 2.52. The first kappa shape index (κ1) is 44.3. The summed E-state index contributed by atoms with van der Waals surface area (Å²) in [7, 11) is -7.33. The van der Waals surface area contributed by atoms with Crippen LogP contribution in [0.5, 0.6) is 0 Å². The summed E-state index contributed by atoms with van der Waals surface area (Å²) in [6.45, 7) is 7.29. The van der Waals surface area contributed by atoms with Crippen molar-refractivity contribution in [1.82, 2.24) is 31.1 Å². The van der Waals surface area contributed by atoms with Crippen molar-refractivity contribution in [2.75, 3.05) is 64.9 Å². The topological polar surface area (TPSA) is 274 Å². The second kappa shape index (κ2) is 18.9. The van der Waals surface area contributed by atoms with Crippen LogP contribution in [0.3, 0.4) is 0 Å². The Labute approximate surface area is 332 Å². The Bertz CT molecular complexity index is 1440. The van der Waals surface area contributed by atoms with Crippen molar-refractivity contribution in [2.24, 2.45) is 57.0 Å². The first-order chi connectivity index (χ1) is 26.2. The third kappa shape index (κ3) is 14.9. The summed E-state index contributed by atoms with van der Waals surface area (Å²) in [5, 5.41) is 12.2. The number of aliphatic imine (C=N–C) groups is 2. The van der Waals surface area contributed by atoms with Crippen molar-refractivity contribution in [3.05, 3.63) is 0 Å². The van der Waals surface area contributed by atoms with Crippen LogP contribution in [0.25, 0.3) is 0 Å². The predicted molar refractivity (Wildman–Crippen MR) is 215 cm³/mol. The first-order valence-electron chi connectivity index (χ1n) is 20.3. The summed E-state index contributed by atoms with van der Waals surface area (Å²) in [5.41, 5.74) is 12.1. The van der Waals surface area contributed by atoms with Crippen LogP contribution in [-0.2, 0) is 20.2 Å². The molecule has 4 amide bonds. The Balaban J connectivity index is 0.000000536. The van der Waals surface area contributed by atoms with Crippen LogP contribution in [0.2, 0.25) is 0 Å². The number of carbonyl (C=O) groups is 2. The molecule has 20 heteroatoms. The van der Waals surface area contributed by atoms with E-state index in [1.165, 1.54) is 38.5 Å². The number of nitrogens with zero attached hydrogens (tertiary/aromatic N) is 4. The van der Waals surface area contributed by atoms with Crippen LogP contribution in [0.15, 0.2) is 9.98 Å². The quantitative estimate of drug-likeness (QED) is 0.0675. The minimum atomic E-state index is -3.67. The summed E-state index contributed by atoms with van der Waals surface area (Å²) >= 11 is 0. The lowest BCUT2D eigenvalue weighted by atomic mass is 9.53. The highest BCUT2D eigenvalue weighted by Crippen LogP contribution is 2.56. The molecule has 8 aliphatic carbocycles. The van der Waals surface area contributed by atoms with E-state index in [9.17, 15) is 26.4 Å². The zero-order valence-corrected chi connectivity index (χ0v) is 34.8. The van der Waals surface area contributed by atoms with E-state index in [1.54, 1.807) is 0 Å². The number of nitrogens with one attached hydrogen (secondary N) is 4. The van der Waals surface area contributed by atoms with Crippen LogP contribution < -0.4 is 32.7 Å². The molecule has 1 aliphatic heterocycles. The summed E-state index contributed by atoms with van der Waals surface area (Å²) in [6, 6.07) is -0.385. The number of amides is 4. The van der Waals surface area contributed by atoms with Gasteiger partial charge in [-0.05, 0) is 125 Å². The molecular formula is C36H66N10O8S2. The fraction of sp³-hybridized carbons (Fsp3) is 0.889. The van der Waals surface area contributed by atoms with E-state index in [1.807, 2.05) is 0 Å². The maximum absolute atomic E-state index is 12.7. The third-order valence-electron chi connectivity index (χ3n) is 12.6. The number of hydrogen-bond donors (Lipinski definition) is 8. The molecule has 10 N–H and O–H groups in total. The molecule has 0 aromatic rings. The molecule has 0 radical (unpaired) electrons. The average molecular weight is 831 g/mol. The molecular weight excluding hydrogens is 765 g/mol. The van der Waals surface area contributed by atoms with E-state index in [0.717, 1.165) is 126 Å². The average Bonchev–Trinajstić information content (AvgIpc) is 3.02. The fourth-order valence-electron chi connectivity index (χ4n) is 11.6. The van der Waals surface area contributed by atoms with Crippen molar-refractivity contribution < 1.29 is 35.5 Å². The monoisotopic (exact) mass is 830 g/mol. The molecule has 9 fully saturated rings. The van der Waals surface area contributed by atoms with Gasteiger partial charge in [0.25, 0.3) is 20.2 Å². The van der Waals surface area contributed by atoms with E-state index >= 15 is 0 Å². The highest BCUT2D eigenvalue weighted by atomic mass is 32.2. The Morgan fingerprint density at radius 3 is 1.09 bits per heavy atom. The van der Waals surface area contributed by atoms with Crippen molar-refractivity contribution in [2.45, 2.75) is 101 Å². The van der Waals surface area contributed by atoms with E-state index < -0.39 is 20.2 Å². The third-order valence-corrected chi connectivity index (χ3v) is 12.6. The van der Waals surface area contributed by atoms with Gasteiger partial charge in [-0.2, -0.15) is 16.8 Å². The highest BCUT2D eigenvalue weighted by molar-refractivity contribution is 7.85. The minimum absolute atomic E-state index is 0.0235. The molecule has 1 saturated heterocycles. The molecule has 9 aliphatic rings. The molecule has 18 nitrogen and oxygen atoms in total. The first-order valence-corrected chi connectivity index (χ1v) is 24.0. The number of hydrogen-bond acceptors (Lipinski definition) is 10. The number of piperazine rings is 1. The van der Waals surface area contributed by atoms with Gasteiger partial charge in [0.05, 0.1) is 12.5 Å². The molecule has 8 saturated carbocycles. The normalized spacial score (nSPS) is 33.8. The second-order valence-electron chi connectivity index (χ2n) is 17.9. The van der Waals surface area contributed by atoms with E-state index in [2.05, 4.69) is 41.1 Å². The molecule has 1 heterocycles. The SMILES string of the molecule is CS(=O)(=O)O.CS(=O)(=O)O.NC(=NCCCN1CCN(CCCN=C(N)NC(=O)NC23CC4CC(CC(C4)C2)C3)CC1)NC(=O)NC12CC3CC(CC(C3)C1)C2. The van der Waals surface area contributed by atoms with Gasteiger partial charge in [0.2, 0.25) is 0 Å². The van der Waals surface area contributed by atoms with Crippen molar-refractivity contribution >= 4 is 44.2 Å². The van der Waals surface area contributed by atoms with Gasteiger partial charge in [-0.15, -0.1) is 0 Å². The fourth-order valence-corrected chi connectivity index (χ4v) is 11.6. The van der Waals surface area contributed by atoms with Crippen LogP contribution in [0.4, 0.5) is 9.59 Å². The van der Waals surface area contributed by atoms with E-state index in [4.69, 9.17) is 20.6 Å². The molecule has 0 aromatic carbocycles. The lowest BCUT2D eigenvalue weighted by Crippen LogP contribution is -2.62. The van der Waals surface area contributed by atoms with Crippen molar-refractivity contribution in [1.29, 1.82) is 0 Å². The molecule has 56 heavy (non-hydrogen) atoms. The van der Waals surface area contributed by atoms with Gasteiger partial charge in [0.1, 0.15) is 0 Å². The smallest absolute Gasteiger partial charge is 0.321 e. The Hall–Kier alpha value is -2.78. The predicted octanol–water partition coefficient (Wildman–Crippen LogP) is 1.56. The lowest BCUT2D eigenvalue weighted by molar-refractivity contribution is -0.0135. The zero-order chi connectivity index (χ0) is 40.7. The number of nitrogens with two attached hydrogens (primary N) is 2. The van der Waals surface area contributed by atoms with Gasteiger partial charge >= 0.3 is 12.1 Å². The van der Waals surface area contributed by atoms with Gasteiger partial charge in [-0.3, -0.25) is 29.7 Å². The van der Waals surface area contributed by atoms with Gasteiger partial charge < -0.3 is 31.9 Å². The largest absolute Gasteiger partial charge is 0.370 e. The molecule has 8 bridgehead atoms. The van der Waals surface area contributed by atoms with Crippen LogP contribution in [-0.4, -0.2) is 136 Å². The molecule has 0 spiro atoms. The summed E-state index contributed by atoms with van der Waals surface area (Å²) < 4.78 is 51.7. The molecule has 0 atom stereocenters. The summed E-state index contributed by atoms with van der Waals surface area (Å²) in [4.78, 5) is 39.2. The minimum Gasteiger partial charge on any atom is -0.370 e. The van der Waals surface area contributed by atoms with Crippen molar-refractivity contribution in [3.8, 4) is 0 Å². The van der Waals surface area contributed by atoms with Gasteiger partial charge in [0.15, 0.2) is 11.9 Å². The van der Waals surface area contributed by atoms with Crippen molar-refractivity contribution in [3.63, 3.8) is 0 Å². The number of carbonyl (C=O) groups excluding carboxylic acids is 2. The van der Waals surface area contributed by atoms with Crippen LogP contribution in [0.1, 0.15) is 89.9 Å². The molecule has 320 valence electrons. The Morgan fingerprint density at radius 1 is 0.589 bits per heavy atom. The molecule has 0 unspecified atom stereocenters. The van der Waals surface area contributed by atoms with E-state index in [-0.39, 0.29) is 35.1 Å². The van der Waals surface area contributed by atoms with Crippen LogP contribution >= 0.6 is 0 Å². The Kier molecular flexibility index (Phi) is 14.9. The summed E-state index contributed by atoms with van der Waals surface area (Å²) in [5.74, 6) is 5.16. The Morgan fingerprint density at radius 2 is 0.839 bits per heavy atom. The standard InChI is InChI=1S/C34H58N10O2.2CH4O3S/c35-29(39-31(45)41-33-17-23-11-24(18-33)13-25(12-23)19-33)37-3-1-5-43-7-9-44(10-8-43)6-2-4-38-30(36)40-32(46)42-34-20-26-14-27(21-34)16-28(15-26)22-34;2*1-5(2,3)4/h23-28H,1-22H2,(H4,35,37,39,41,45)(H4,36,38,40,42,46);2*1H3,(H,2,3,4). The number of urea groups is 2. The lowest BCUT2D eigenvalue weighted by Gasteiger charge is -2.56. The van der Waals surface area contributed by atoms with Gasteiger partial charge in [0, 0.05) is 63.4 Å². The second-order valence-corrected chi connectivity index (χ2v) is 20.9. The maximum Gasteiger partial charge on any atom is 0.321 e. The number of guanidine groups is 2. The summed E-state index contributed by atoms with van der Waals surface area (Å²) in [6.07, 6.45) is 18.1. The molecule has 0 aromatic heterocycles. The zero-order valence-electron chi connectivity index (χ0n) is 33.1. The van der Waals surface area contributed by atoms with Gasteiger partial charge in [-0.25, -0.2) is 9.59 Å².